The number of nitrogens with zero attached hydrogens (tertiary/aromatic N) is 1. The average molecular weight is 306 g/mol. The molecule has 1 aliphatic heterocycles. The molecule has 1 atom stereocenters. The zero-order valence-corrected chi connectivity index (χ0v) is 14.2. The standard InChI is InChI=1S/C17H26N2OS/c1-11(2)14(12(3)4)9-19-15(13-5-8-21-10-13)18-17(6-7-17)16(19)20/h5,8,10-12,14-15,18H,6-7,9H2,1-4H3. The molecule has 4 heteroatoms. The molecule has 21 heavy (non-hydrogen) atoms. The highest BCUT2D eigenvalue weighted by atomic mass is 32.1. The normalized spacial score (nSPS) is 24.0. The second-order valence-corrected chi connectivity index (χ2v) is 8.08. The Morgan fingerprint density at radius 2 is 2.00 bits per heavy atom. The van der Waals surface area contributed by atoms with Gasteiger partial charge in [-0.25, -0.2) is 0 Å². The summed E-state index contributed by atoms with van der Waals surface area (Å²) in [6.45, 7) is 9.94. The number of thiophene rings is 1. The summed E-state index contributed by atoms with van der Waals surface area (Å²) in [4.78, 5) is 15.0. The fourth-order valence-corrected chi connectivity index (χ4v) is 4.26. The highest BCUT2D eigenvalue weighted by molar-refractivity contribution is 7.07. The number of rotatable bonds is 5. The van der Waals surface area contributed by atoms with Gasteiger partial charge in [-0.1, -0.05) is 27.7 Å². The van der Waals surface area contributed by atoms with Crippen LogP contribution >= 0.6 is 11.3 Å². The quantitative estimate of drug-likeness (QED) is 0.901. The number of carbonyl (C=O) groups excluding carboxylic acids is 1. The minimum Gasteiger partial charge on any atom is -0.321 e. The molecule has 2 aliphatic rings. The van der Waals surface area contributed by atoms with Gasteiger partial charge in [-0.05, 0) is 53.0 Å². The van der Waals surface area contributed by atoms with Crippen LogP contribution in [0, 0.1) is 17.8 Å². The molecule has 1 saturated carbocycles. The van der Waals surface area contributed by atoms with E-state index in [2.05, 4.69) is 54.7 Å². The molecule has 0 radical (unpaired) electrons. The summed E-state index contributed by atoms with van der Waals surface area (Å²) in [6.07, 6.45) is 2.07. The van der Waals surface area contributed by atoms with Crippen LogP contribution in [0.5, 0.6) is 0 Å². The fourth-order valence-electron chi connectivity index (χ4n) is 3.58. The van der Waals surface area contributed by atoms with Crippen molar-refractivity contribution in [3.05, 3.63) is 22.4 Å². The molecule has 2 heterocycles. The Hall–Kier alpha value is -0.870. The Labute approximate surface area is 131 Å². The van der Waals surface area contributed by atoms with E-state index in [0.29, 0.717) is 23.7 Å². The third-order valence-electron chi connectivity index (χ3n) is 5.12. The molecule has 1 N–H and O–H groups in total. The van der Waals surface area contributed by atoms with Crippen LogP contribution in [0.3, 0.4) is 0 Å². The SMILES string of the molecule is CC(C)C(CN1C(=O)C2(CC2)NC1c1ccsc1)C(C)C. The van der Waals surface area contributed by atoms with Crippen LogP contribution in [-0.2, 0) is 4.79 Å². The summed E-state index contributed by atoms with van der Waals surface area (Å²) in [6, 6.07) is 2.14. The van der Waals surface area contributed by atoms with Crippen LogP contribution in [-0.4, -0.2) is 22.9 Å². The number of nitrogens with one attached hydrogen (secondary N) is 1. The average Bonchev–Trinajstić information content (AvgIpc) is 2.90. The Morgan fingerprint density at radius 1 is 1.33 bits per heavy atom. The zero-order chi connectivity index (χ0) is 15.2. The summed E-state index contributed by atoms with van der Waals surface area (Å²) in [5.41, 5.74) is 1.01. The lowest BCUT2D eigenvalue weighted by Gasteiger charge is -2.32. The zero-order valence-electron chi connectivity index (χ0n) is 13.4. The number of carbonyl (C=O) groups is 1. The van der Waals surface area contributed by atoms with Crippen LogP contribution in [0.15, 0.2) is 16.8 Å². The maximum Gasteiger partial charge on any atom is 0.244 e. The largest absolute Gasteiger partial charge is 0.321 e. The Kier molecular flexibility index (Phi) is 3.87. The van der Waals surface area contributed by atoms with E-state index >= 15 is 0 Å². The topological polar surface area (TPSA) is 32.3 Å². The minimum atomic E-state index is -0.231. The lowest BCUT2D eigenvalue weighted by Crippen LogP contribution is -2.38. The maximum absolute atomic E-state index is 12.8. The summed E-state index contributed by atoms with van der Waals surface area (Å²) in [5.74, 6) is 2.06. The Bertz CT molecular complexity index is 497. The molecule has 1 unspecified atom stereocenters. The smallest absolute Gasteiger partial charge is 0.244 e. The van der Waals surface area contributed by atoms with Crippen molar-refractivity contribution in [3.63, 3.8) is 0 Å². The Morgan fingerprint density at radius 3 is 2.48 bits per heavy atom. The molecule has 1 aliphatic carbocycles. The van der Waals surface area contributed by atoms with E-state index in [1.807, 2.05) is 0 Å². The number of hydrogen-bond acceptors (Lipinski definition) is 3. The van der Waals surface area contributed by atoms with Crippen molar-refractivity contribution < 1.29 is 4.79 Å². The summed E-state index contributed by atoms with van der Waals surface area (Å²) in [5, 5.41) is 7.87. The van der Waals surface area contributed by atoms with Gasteiger partial charge in [0.15, 0.2) is 0 Å². The van der Waals surface area contributed by atoms with Crippen LogP contribution in [0.1, 0.15) is 52.3 Å². The first-order chi connectivity index (χ1) is 9.94. The van der Waals surface area contributed by atoms with E-state index in [9.17, 15) is 4.79 Å². The van der Waals surface area contributed by atoms with Crippen LogP contribution < -0.4 is 5.32 Å². The molecule has 0 aromatic carbocycles. The van der Waals surface area contributed by atoms with Gasteiger partial charge in [0.2, 0.25) is 5.91 Å². The van der Waals surface area contributed by atoms with Crippen LogP contribution in [0.4, 0.5) is 0 Å². The van der Waals surface area contributed by atoms with E-state index in [4.69, 9.17) is 0 Å². The molecular weight excluding hydrogens is 280 g/mol. The summed E-state index contributed by atoms with van der Waals surface area (Å²) in [7, 11) is 0. The molecule has 3 rings (SSSR count). The third kappa shape index (κ3) is 2.64. The predicted octanol–water partition coefficient (Wildman–Crippen LogP) is 3.64. The number of amides is 1. The number of hydrogen-bond donors (Lipinski definition) is 1. The van der Waals surface area contributed by atoms with E-state index in [1.165, 1.54) is 5.56 Å². The van der Waals surface area contributed by atoms with Crippen molar-refractivity contribution in [2.75, 3.05) is 6.54 Å². The molecule has 116 valence electrons. The molecule has 1 saturated heterocycles. The van der Waals surface area contributed by atoms with Crippen molar-refractivity contribution in [3.8, 4) is 0 Å². The fraction of sp³-hybridized carbons (Fsp3) is 0.706. The first-order valence-corrected chi connectivity index (χ1v) is 9.00. The van der Waals surface area contributed by atoms with Gasteiger partial charge >= 0.3 is 0 Å². The van der Waals surface area contributed by atoms with Gasteiger partial charge in [-0.3, -0.25) is 10.1 Å². The molecule has 1 aromatic heterocycles. The minimum absolute atomic E-state index is 0.0752. The highest BCUT2D eigenvalue weighted by Gasteiger charge is 2.59. The Balaban J connectivity index is 1.84. The molecule has 3 nitrogen and oxygen atoms in total. The molecule has 1 aromatic rings. The molecule has 1 spiro atoms. The first kappa shape index (κ1) is 15.0. The third-order valence-corrected chi connectivity index (χ3v) is 5.83. The van der Waals surface area contributed by atoms with Gasteiger partial charge in [-0.15, -0.1) is 0 Å². The van der Waals surface area contributed by atoms with E-state index in [0.717, 1.165) is 19.4 Å². The highest BCUT2D eigenvalue weighted by Crippen LogP contribution is 2.46. The second kappa shape index (κ2) is 5.40. The first-order valence-electron chi connectivity index (χ1n) is 8.05. The van der Waals surface area contributed by atoms with E-state index in [1.54, 1.807) is 11.3 Å². The predicted molar refractivity (Wildman–Crippen MR) is 87.0 cm³/mol. The van der Waals surface area contributed by atoms with Crippen molar-refractivity contribution in [2.45, 2.75) is 52.2 Å². The van der Waals surface area contributed by atoms with Crippen molar-refractivity contribution in [1.29, 1.82) is 0 Å². The van der Waals surface area contributed by atoms with Crippen LogP contribution in [0.2, 0.25) is 0 Å². The maximum atomic E-state index is 12.8. The van der Waals surface area contributed by atoms with Gasteiger partial charge in [0, 0.05) is 6.54 Å². The second-order valence-electron chi connectivity index (χ2n) is 7.30. The van der Waals surface area contributed by atoms with Gasteiger partial charge in [-0.2, -0.15) is 11.3 Å². The lowest BCUT2D eigenvalue weighted by molar-refractivity contribution is -0.131. The van der Waals surface area contributed by atoms with Gasteiger partial charge in [0.05, 0.1) is 0 Å². The van der Waals surface area contributed by atoms with Gasteiger partial charge in [0.25, 0.3) is 0 Å². The summed E-state index contributed by atoms with van der Waals surface area (Å²) >= 11 is 1.70. The van der Waals surface area contributed by atoms with E-state index < -0.39 is 0 Å². The molecular formula is C17H26N2OS. The molecule has 2 fully saturated rings. The van der Waals surface area contributed by atoms with E-state index in [-0.39, 0.29) is 11.7 Å². The molecule has 0 bridgehead atoms. The lowest BCUT2D eigenvalue weighted by atomic mass is 9.85. The van der Waals surface area contributed by atoms with Gasteiger partial charge in [0.1, 0.15) is 11.7 Å². The van der Waals surface area contributed by atoms with Gasteiger partial charge < -0.3 is 4.90 Å². The van der Waals surface area contributed by atoms with Crippen molar-refractivity contribution in [1.82, 2.24) is 10.2 Å². The summed E-state index contributed by atoms with van der Waals surface area (Å²) < 4.78 is 0. The van der Waals surface area contributed by atoms with Crippen LogP contribution in [0.25, 0.3) is 0 Å². The van der Waals surface area contributed by atoms with Crippen molar-refractivity contribution in [2.24, 2.45) is 17.8 Å². The monoisotopic (exact) mass is 306 g/mol. The molecule has 1 amide bonds. The van der Waals surface area contributed by atoms with Crippen molar-refractivity contribution >= 4 is 17.2 Å².